The summed E-state index contributed by atoms with van der Waals surface area (Å²) in [5.74, 6) is -1.09. The molecular weight excluding hydrogens is 448 g/mol. The summed E-state index contributed by atoms with van der Waals surface area (Å²) in [6.07, 6.45) is 3.78. The van der Waals surface area contributed by atoms with E-state index in [-0.39, 0.29) is 25.6 Å². The number of aryl methyl sites for hydroxylation is 2. The Morgan fingerprint density at radius 1 is 1.16 bits per heavy atom. The number of hydrogen-bond donors (Lipinski definition) is 0. The van der Waals surface area contributed by atoms with Crippen LogP contribution in [0.2, 0.25) is 0 Å². The number of carbonyl (C=O) groups is 2. The summed E-state index contributed by atoms with van der Waals surface area (Å²) >= 11 is 1.57. The summed E-state index contributed by atoms with van der Waals surface area (Å²) < 4.78 is 32.8. The Balaban J connectivity index is 1.26. The number of hydrogen-bond acceptors (Lipinski definition) is 6. The molecule has 4 rings (SSSR count). The minimum absolute atomic E-state index is 0.261. The number of amides is 1. The lowest BCUT2D eigenvalue weighted by molar-refractivity contribution is -0.156. The Morgan fingerprint density at radius 2 is 1.91 bits per heavy atom. The summed E-state index contributed by atoms with van der Waals surface area (Å²) in [6.45, 7) is 0.720. The van der Waals surface area contributed by atoms with Gasteiger partial charge < -0.3 is 9.64 Å². The van der Waals surface area contributed by atoms with Crippen molar-refractivity contribution in [2.45, 2.75) is 43.5 Å². The van der Waals surface area contributed by atoms with Gasteiger partial charge >= 0.3 is 5.97 Å². The third-order valence-electron chi connectivity index (χ3n) is 6.23. The van der Waals surface area contributed by atoms with Gasteiger partial charge in [-0.2, -0.15) is 4.31 Å². The fraction of sp³-hybridized carbons (Fsp3) is 0.478. The van der Waals surface area contributed by atoms with Crippen LogP contribution in [0.4, 0.5) is 0 Å². The number of rotatable bonds is 7. The Labute approximate surface area is 193 Å². The molecular formula is C23H28N2O5S2. The van der Waals surface area contributed by atoms with Crippen molar-refractivity contribution in [1.29, 1.82) is 0 Å². The lowest BCUT2D eigenvalue weighted by Crippen LogP contribution is -2.41. The lowest BCUT2D eigenvalue weighted by Gasteiger charge is -2.30. The quantitative estimate of drug-likeness (QED) is 0.574. The minimum Gasteiger partial charge on any atom is -0.455 e. The van der Waals surface area contributed by atoms with Gasteiger partial charge in [-0.3, -0.25) is 9.59 Å². The number of fused-ring (bicyclic) bond motifs is 1. The number of sulfonamides is 1. The molecule has 0 N–H and O–H groups in total. The van der Waals surface area contributed by atoms with Crippen molar-refractivity contribution in [3.8, 4) is 0 Å². The number of ether oxygens (including phenoxy) is 1. The van der Waals surface area contributed by atoms with E-state index in [4.69, 9.17) is 4.74 Å². The molecule has 2 aliphatic rings. The Bertz CT molecular complexity index is 1070. The largest absolute Gasteiger partial charge is 0.455 e. The summed E-state index contributed by atoms with van der Waals surface area (Å²) in [6, 6.07) is 9.29. The second kappa shape index (κ2) is 9.72. The van der Waals surface area contributed by atoms with Gasteiger partial charge in [0.2, 0.25) is 10.0 Å². The molecule has 32 heavy (non-hydrogen) atoms. The van der Waals surface area contributed by atoms with Crippen LogP contribution in [0.5, 0.6) is 0 Å². The third kappa shape index (κ3) is 5.05. The molecule has 0 bridgehead atoms. The molecule has 0 radical (unpaired) electrons. The molecule has 0 spiro atoms. The Hall–Kier alpha value is -2.23. The lowest BCUT2D eigenvalue weighted by atomic mass is 9.98. The van der Waals surface area contributed by atoms with Gasteiger partial charge in [0.05, 0.1) is 17.4 Å². The summed E-state index contributed by atoms with van der Waals surface area (Å²) in [5, 5.41) is 1.95. The van der Waals surface area contributed by atoms with Crippen LogP contribution in [-0.2, 0) is 43.7 Å². The van der Waals surface area contributed by atoms with Crippen molar-refractivity contribution in [3.05, 3.63) is 51.7 Å². The molecule has 7 nitrogen and oxygen atoms in total. The molecule has 172 valence electrons. The Morgan fingerprint density at radius 3 is 2.62 bits per heavy atom. The molecule has 1 aliphatic carbocycles. The van der Waals surface area contributed by atoms with Gasteiger partial charge in [-0.25, -0.2) is 8.42 Å². The number of piperidine rings is 1. The highest BCUT2D eigenvalue weighted by Gasteiger charge is 2.33. The fourth-order valence-electron chi connectivity index (χ4n) is 4.27. The SMILES string of the molecule is CN(Cc1cccs1)C(=O)COC(=O)C1CCN(S(=O)(=O)c2ccc3c(c2)CCC3)CC1. The normalized spacial score (nSPS) is 17.2. The molecule has 1 aromatic carbocycles. The molecule has 1 saturated heterocycles. The molecule has 0 atom stereocenters. The first-order valence-electron chi connectivity index (χ1n) is 10.9. The zero-order chi connectivity index (χ0) is 22.7. The average molecular weight is 477 g/mol. The first-order valence-corrected chi connectivity index (χ1v) is 13.2. The van der Waals surface area contributed by atoms with E-state index >= 15 is 0 Å². The topological polar surface area (TPSA) is 84.0 Å². The highest BCUT2D eigenvalue weighted by Crippen LogP contribution is 2.29. The number of benzene rings is 1. The van der Waals surface area contributed by atoms with Crippen LogP contribution in [0, 0.1) is 5.92 Å². The van der Waals surface area contributed by atoms with E-state index in [0.29, 0.717) is 24.3 Å². The number of nitrogens with zero attached hydrogens (tertiary/aromatic N) is 2. The van der Waals surface area contributed by atoms with E-state index in [0.717, 1.165) is 29.7 Å². The second-order valence-corrected chi connectivity index (χ2v) is 11.4. The third-order valence-corrected chi connectivity index (χ3v) is 8.99. The van der Waals surface area contributed by atoms with Gasteiger partial charge in [0.15, 0.2) is 6.61 Å². The van der Waals surface area contributed by atoms with E-state index in [9.17, 15) is 18.0 Å². The minimum atomic E-state index is -3.57. The zero-order valence-electron chi connectivity index (χ0n) is 18.2. The number of likely N-dealkylation sites (N-methyl/N-ethyl adjacent to an activating group) is 1. The zero-order valence-corrected chi connectivity index (χ0v) is 19.8. The first-order chi connectivity index (χ1) is 15.3. The predicted molar refractivity (Wildman–Crippen MR) is 122 cm³/mol. The first kappa shape index (κ1) is 22.9. The van der Waals surface area contributed by atoms with Gasteiger partial charge in [0.1, 0.15) is 0 Å². The van der Waals surface area contributed by atoms with Crippen molar-refractivity contribution in [2.24, 2.45) is 5.92 Å². The maximum atomic E-state index is 13.0. The maximum Gasteiger partial charge on any atom is 0.309 e. The van der Waals surface area contributed by atoms with Crippen LogP contribution in [0.3, 0.4) is 0 Å². The molecule has 9 heteroatoms. The van der Waals surface area contributed by atoms with E-state index in [1.165, 1.54) is 14.8 Å². The second-order valence-electron chi connectivity index (χ2n) is 8.40. The van der Waals surface area contributed by atoms with Crippen LogP contribution >= 0.6 is 11.3 Å². The molecule has 1 aliphatic heterocycles. The molecule has 1 amide bonds. The van der Waals surface area contributed by atoms with Crippen molar-refractivity contribution >= 4 is 33.2 Å². The van der Waals surface area contributed by atoms with Gasteiger partial charge in [-0.15, -0.1) is 11.3 Å². The van der Waals surface area contributed by atoms with E-state index in [1.54, 1.807) is 30.5 Å². The fourth-order valence-corrected chi connectivity index (χ4v) is 6.55. The number of thiophene rings is 1. The molecule has 1 fully saturated rings. The van der Waals surface area contributed by atoms with E-state index in [2.05, 4.69) is 0 Å². The van der Waals surface area contributed by atoms with Gasteiger partial charge in [0.25, 0.3) is 5.91 Å². The molecule has 1 aromatic heterocycles. The summed E-state index contributed by atoms with van der Waals surface area (Å²) in [4.78, 5) is 27.6. The molecule has 0 unspecified atom stereocenters. The highest BCUT2D eigenvalue weighted by molar-refractivity contribution is 7.89. The van der Waals surface area contributed by atoms with Crippen LogP contribution in [0.1, 0.15) is 35.3 Å². The van der Waals surface area contributed by atoms with Gasteiger partial charge in [0, 0.05) is 25.0 Å². The van der Waals surface area contributed by atoms with Gasteiger partial charge in [-0.05, 0) is 66.8 Å². The average Bonchev–Trinajstić information content (AvgIpc) is 3.48. The van der Waals surface area contributed by atoms with Crippen LogP contribution in [0.15, 0.2) is 40.6 Å². The van der Waals surface area contributed by atoms with E-state index < -0.39 is 21.9 Å². The highest BCUT2D eigenvalue weighted by atomic mass is 32.2. The summed E-state index contributed by atoms with van der Waals surface area (Å²) in [5.41, 5.74) is 2.36. The van der Waals surface area contributed by atoms with E-state index in [1.807, 2.05) is 23.6 Å². The standard InChI is InChI=1S/C23H28N2O5S2/c1-24(15-20-6-3-13-31-20)22(26)16-30-23(27)18-9-11-25(12-10-18)32(28,29)21-8-7-17-4-2-5-19(17)14-21/h3,6-8,13-14,18H,2,4-5,9-12,15-16H2,1H3. The summed E-state index contributed by atoms with van der Waals surface area (Å²) in [7, 11) is -1.89. The predicted octanol–water partition coefficient (Wildman–Crippen LogP) is 2.84. The number of esters is 1. The Kier molecular flexibility index (Phi) is 6.97. The van der Waals surface area contributed by atoms with Gasteiger partial charge in [-0.1, -0.05) is 12.1 Å². The van der Waals surface area contributed by atoms with Crippen LogP contribution in [0.25, 0.3) is 0 Å². The molecule has 2 heterocycles. The van der Waals surface area contributed by atoms with Crippen molar-refractivity contribution in [3.63, 3.8) is 0 Å². The smallest absolute Gasteiger partial charge is 0.309 e. The maximum absolute atomic E-state index is 13.0. The number of carbonyl (C=O) groups excluding carboxylic acids is 2. The monoisotopic (exact) mass is 476 g/mol. The van der Waals surface area contributed by atoms with Crippen LogP contribution in [-0.4, -0.2) is 56.2 Å². The molecule has 2 aromatic rings. The van der Waals surface area contributed by atoms with Crippen molar-refractivity contribution in [1.82, 2.24) is 9.21 Å². The van der Waals surface area contributed by atoms with Crippen LogP contribution < -0.4 is 0 Å². The van der Waals surface area contributed by atoms with Crippen molar-refractivity contribution in [2.75, 3.05) is 26.7 Å². The molecule has 0 saturated carbocycles. The van der Waals surface area contributed by atoms with Crippen molar-refractivity contribution < 1.29 is 22.7 Å².